The van der Waals surface area contributed by atoms with Crippen LogP contribution in [0.2, 0.25) is 5.15 Å². The van der Waals surface area contributed by atoms with E-state index in [0.717, 1.165) is 16.5 Å². The molecule has 0 radical (unpaired) electrons. The van der Waals surface area contributed by atoms with Crippen LogP contribution in [0.5, 0.6) is 5.75 Å². The van der Waals surface area contributed by atoms with Gasteiger partial charge in [-0.3, -0.25) is 4.79 Å². The van der Waals surface area contributed by atoms with Crippen molar-refractivity contribution in [1.82, 2.24) is 4.98 Å². The molecular formula is C21H18ClN3O2. The van der Waals surface area contributed by atoms with Gasteiger partial charge in [-0.15, -0.1) is 0 Å². The van der Waals surface area contributed by atoms with Crippen molar-refractivity contribution >= 4 is 34.1 Å². The first kappa shape index (κ1) is 18.7. The molecular weight excluding hydrogens is 362 g/mol. The molecule has 1 atom stereocenters. The minimum atomic E-state index is -0.905. The van der Waals surface area contributed by atoms with Crippen molar-refractivity contribution in [3.8, 4) is 11.8 Å². The zero-order valence-corrected chi connectivity index (χ0v) is 15.7. The number of para-hydroxylation sites is 2. The molecule has 3 aromatic rings. The number of ether oxygens (including phenoxy) is 1. The Balaban J connectivity index is 1.83. The molecule has 27 heavy (non-hydrogen) atoms. The number of carbonyl (C=O) groups excluding carboxylic acids is 1. The highest BCUT2D eigenvalue weighted by atomic mass is 35.5. The number of nitriles is 1. The lowest BCUT2D eigenvalue weighted by Crippen LogP contribution is -2.24. The van der Waals surface area contributed by atoms with Crippen LogP contribution in [0, 0.1) is 24.2 Å². The molecule has 0 fully saturated rings. The van der Waals surface area contributed by atoms with E-state index >= 15 is 0 Å². The Labute approximate surface area is 162 Å². The molecule has 1 N–H and O–H groups in total. The lowest BCUT2D eigenvalue weighted by molar-refractivity contribution is -0.118. The number of anilines is 1. The monoisotopic (exact) mass is 379 g/mol. The van der Waals surface area contributed by atoms with E-state index in [0.29, 0.717) is 22.2 Å². The van der Waals surface area contributed by atoms with Gasteiger partial charge in [-0.2, -0.15) is 5.26 Å². The highest BCUT2D eigenvalue weighted by Crippen LogP contribution is 2.26. The van der Waals surface area contributed by atoms with Crippen molar-refractivity contribution in [2.24, 2.45) is 5.92 Å². The lowest BCUT2D eigenvalue weighted by atomic mass is 9.99. The third kappa shape index (κ3) is 4.18. The Morgan fingerprint density at radius 3 is 2.81 bits per heavy atom. The van der Waals surface area contributed by atoms with Crippen LogP contribution in [-0.4, -0.2) is 18.0 Å². The van der Waals surface area contributed by atoms with E-state index in [1.165, 1.54) is 7.11 Å². The maximum atomic E-state index is 12.6. The summed E-state index contributed by atoms with van der Waals surface area (Å²) in [6.45, 7) is 1.98. The number of amides is 1. The Morgan fingerprint density at radius 2 is 2.07 bits per heavy atom. The number of hydrogen-bond donors (Lipinski definition) is 1. The molecule has 0 saturated carbocycles. The number of nitrogens with zero attached hydrogens (tertiary/aromatic N) is 2. The Hall–Kier alpha value is -3.10. The number of aromatic nitrogens is 1. The van der Waals surface area contributed by atoms with Gasteiger partial charge in [0.2, 0.25) is 5.91 Å². The van der Waals surface area contributed by atoms with Gasteiger partial charge in [-0.1, -0.05) is 35.9 Å². The van der Waals surface area contributed by atoms with Crippen LogP contribution in [0.4, 0.5) is 5.69 Å². The predicted octanol–water partition coefficient (Wildman–Crippen LogP) is 4.53. The van der Waals surface area contributed by atoms with Crippen LogP contribution >= 0.6 is 11.6 Å². The first-order valence-corrected chi connectivity index (χ1v) is 8.79. The van der Waals surface area contributed by atoms with Gasteiger partial charge in [-0.25, -0.2) is 4.98 Å². The predicted molar refractivity (Wildman–Crippen MR) is 106 cm³/mol. The van der Waals surface area contributed by atoms with Crippen molar-refractivity contribution in [2.75, 3.05) is 12.4 Å². The van der Waals surface area contributed by atoms with Gasteiger partial charge in [0, 0.05) is 11.8 Å². The second kappa shape index (κ2) is 8.07. The zero-order valence-electron chi connectivity index (χ0n) is 15.0. The number of rotatable bonds is 5. The van der Waals surface area contributed by atoms with E-state index in [-0.39, 0.29) is 6.42 Å². The molecule has 2 aromatic carbocycles. The molecule has 0 aliphatic heterocycles. The Kier molecular flexibility index (Phi) is 5.58. The highest BCUT2D eigenvalue weighted by molar-refractivity contribution is 6.30. The van der Waals surface area contributed by atoms with Crippen molar-refractivity contribution in [1.29, 1.82) is 5.26 Å². The van der Waals surface area contributed by atoms with Crippen LogP contribution < -0.4 is 10.1 Å². The molecule has 1 aromatic heterocycles. The second-order valence-electron chi connectivity index (χ2n) is 6.21. The third-order valence-corrected chi connectivity index (χ3v) is 4.59. The molecule has 0 aliphatic carbocycles. The van der Waals surface area contributed by atoms with E-state index in [1.807, 2.05) is 31.2 Å². The normalized spacial score (nSPS) is 11.6. The van der Waals surface area contributed by atoms with Crippen LogP contribution in [0.1, 0.15) is 11.1 Å². The number of halogens is 1. The number of hydrogen-bond acceptors (Lipinski definition) is 4. The molecule has 6 heteroatoms. The number of pyridine rings is 1. The summed E-state index contributed by atoms with van der Waals surface area (Å²) < 4.78 is 5.23. The number of methoxy groups -OCH3 is 1. The fraction of sp³-hybridized carbons (Fsp3) is 0.190. The first-order chi connectivity index (χ1) is 13.0. The van der Waals surface area contributed by atoms with Crippen LogP contribution in [0.15, 0.2) is 48.5 Å². The number of aryl methyl sites for hydroxylation is 1. The number of benzene rings is 2. The van der Waals surface area contributed by atoms with Gasteiger partial charge in [-0.05, 0) is 42.3 Å². The smallest absolute Gasteiger partial charge is 0.242 e. The molecule has 0 unspecified atom stereocenters. The summed E-state index contributed by atoms with van der Waals surface area (Å²) in [5.41, 5.74) is 3.05. The molecule has 0 bridgehead atoms. The Bertz CT molecular complexity index is 1040. The zero-order chi connectivity index (χ0) is 19.4. The minimum absolute atomic E-state index is 0.174. The van der Waals surface area contributed by atoms with Crippen LogP contribution in [0.3, 0.4) is 0 Å². The average Bonchev–Trinajstić information content (AvgIpc) is 2.66. The SMILES string of the molecule is COc1ccccc1NC(=O)[C@H](C#N)Cc1cc2ccc(C)cc2nc1Cl. The van der Waals surface area contributed by atoms with E-state index in [4.69, 9.17) is 16.3 Å². The quantitative estimate of drug-likeness (QED) is 0.661. The largest absolute Gasteiger partial charge is 0.495 e. The number of fused-ring (bicyclic) bond motifs is 1. The average molecular weight is 380 g/mol. The molecule has 3 rings (SSSR count). The third-order valence-electron chi connectivity index (χ3n) is 4.26. The summed E-state index contributed by atoms with van der Waals surface area (Å²) >= 11 is 6.30. The molecule has 0 spiro atoms. The standard InChI is InChI=1S/C21H18ClN3O2/c1-13-7-8-14-10-15(20(22)24-18(14)9-13)11-16(12-23)21(26)25-17-5-3-4-6-19(17)27-2/h3-10,16H,11H2,1-2H3,(H,25,26)/t16-/m0/s1. The van der Waals surface area contributed by atoms with Gasteiger partial charge < -0.3 is 10.1 Å². The van der Waals surface area contributed by atoms with Gasteiger partial charge in [0.25, 0.3) is 0 Å². The topological polar surface area (TPSA) is 75.0 Å². The van der Waals surface area contributed by atoms with E-state index < -0.39 is 11.8 Å². The summed E-state index contributed by atoms with van der Waals surface area (Å²) in [5.74, 6) is -0.789. The molecule has 1 heterocycles. The van der Waals surface area contributed by atoms with Crippen molar-refractivity contribution in [3.63, 3.8) is 0 Å². The summed E-state index contributed by atoms with van der Waals surface area (Å²) in [5, 5.41) is 13.5. The minimum Gasteiger partial charge on any atom is -0.495 e. The number of nitrogens with one attached hydrogen (secondary N) is 1. The maximum absolute atomic E-state index is 12.6. The van der Waals surface area contributed by atoms with Gasteiger partial charge in [0.1, 0.15) is 16.8 Å². The van der Waals surface area contributed by atoms with Crippen LogP contribution in [0.25, 0.3) is 10.9 Å². The highest BCUT2D eigenvalue weighted by Gasteiger charge is 2.21. The summed E-state index contributed by atoms with van der Waals surface area (Å²) in [4.78, 5) is 17.0. The van der Waals surface area contributed by atoms with Crippen molar-refractivity contribution in [2.45, 2.75) is 13.3 Å². The Morgan fingerprint density at radius 1 is 1.30 bits per heavy atom. The van der Waals surface area contributed by atoms with Crippen molar-refractivity contribution < 1.29 is 9.53 Å². The molecule has 1 amide bonds. The fourth-order valence-electron chi connectivity index (χ4n) is 2.83. The first-order valence-electron chi connectivity index (χ1n) is 8.41. The maximum Gasteiger partial charge on any atom is 0.242 e. The lowest BCUT2D eigenvalue weighted by Gasteiger charge is -2.14. The second-order valence-corrected chi connectivity index (χ2v) is 6.57. The van der Waals surface area contributed by atoms with Gasteiger partial charge in [0.05, 0.1) is 24.4 Å². The summed E-state index contributed by atoms with van der Waals surface area (Å²) in [6.07, 6.45) is 0.174. The van der Waals surface area contributed by atoms with Gasteiger partial charge in [0.15, 0.2) is 0 Å². The van der Waals surface area contributed by atoms with E-state index in [2.05, 4.69) is 16.4 Å². The molecule has 0 saturated heterocycles. The van der Waals surface area contributed by atoms with Crippen LogP contribution in [-0.2, 0) is 11.2 Å². The fourth-order valence-corrected chi connectivity index (χ4v) is 3.05. The molecule has 0 aliphatic rings. The molecule has 136 valence electrons. The van der Waals surface area contributed by atoms with E-state index in [1.54, 1.807) is 24.3 Å². The summed E-state index contributed by atoms with van der Waals surface area (Å²) in [6, 6.07) is 16.9. The molecule has 5 nitrogen and oxygen atoms in total. The van der Waals surface area contributed by atoms with E-state index in [9.17, 15) is 10.1 Å². The summed E-state index contributed by atoms with van der Waals surface area (Å²) in [7, 11) is 1.52. The van der Waals surface area contributed by atoms with Crippen molar-refractivity contribution in [3.05, 3.63) is 64.8 Å². The number of carbonyl (C=O) groups is 1. The van der Waals surface area contributed by atoms with Gasteiger partial charge >= 0.3 is 0 Å².